The van der Waals surface area contributed by atoms with E-state index in [1.54, 1.807) is 17.0 Å². The van der Waals surface area contributed by atoms with Crippen molar-refractivity contribution in [2.75, 3.05) is 6.54 Å². The molecule has 0 saturated heterocycles. The van der Waals surface area contributed by atoms with E-state index in [0.29, 0.717) is 22.3 Å². The molecular formula is C16H18Cl2F3N3O4. The molecule has 0 unspecified atom stereocenters. The Hall–Kier alpha value is -2.20. The summed E-state index contributed by atoms with van der Waals surface area (Å²) in [5.74, 6) is -2.87. The van der Waals surface area contributed by atoms with Crippen molar-refractivity contribution in [3.05, 3.63) is 27.7 Å². The monoisotopic (exact) mass is 443 g/mol. The highest BCUT2D eigenvalue weighted by atomic mass is 35.5. The van der Waals surface area contributed by atoms with Crippen LogP contribution in [0.4, 0.5) is 18.9 Å². The summed E-state index contributed by atoms with van der Waals surface area (Å²) in [6.07, 6.45) is -5.08. The molecule has 0 aliphatic carbocycles. The second-order valence-corrected chi connectivity index (χ2v) is 7.36. The van der Waals surface area contributed by atoms with Crippen molar-refractivity contribution < 1.29 is 32.6 Å². The third-order valence-electron chi connectivity index (χ3n) is 3.06. The molecule has 0 radical (unpaired) electrons. The van der Waals surface area contributed by atoms with Gasteiger partial charge in [0.1, 0.15) is 12.1 Å². The molecule has 2 rings (SSSR count). The number of carboxylic acids is 1. The van der Waals surface area contributed by atoms with Gasteiger partial charge in [-0.05, 0) is 32.9 Å². The number of halogens is 5. The van der Waals surface area contributed by atoms with Crippen LogP contribution in [0.2, 0.25) is 10.0 Å². The van der Waals surface area contributed by atoms with Gasteiger partial charge in [0.05, 0.1) is 22.3 Å². The summed E-state index contributed by atoms with van der Waals surface area (Å²) in [6.45, 7) is 5.80. The molecule has 156 valence electrons. The first-order chi connectivity index (χ1) is 12.6. The number of carboxylic acid groups (broad SMARTS) is 1. The molecule has 0 aromatic heterocycles. The van der Waals surface area contributed by atoms with Gasteiger partial charge in [0, 0.05) is 5.56 Å². The fourth-order valence-electron chi connectivity index (χ4n) is 1.97. The molecule has 12 heteroatoms. The number of esters is 1. The molecule has 1 aliphatic heterocycles. The fourth-order valence-corrected chi connectivity index (χ4v) is 2.37. The van der Waals surface area contributed by atoms with Gasteiger partial charge in [-0.2, -0.15) is 13.2 Å². The van der Waals surface area contributed by atoms with Crippen LogP contribution >= 0.6 is 23.2 Å². The lowest BCUT2D eigenvalue weighted by Gasteiger charge is -2.29. The van der Waals surface area contributed by atoms with E-state index in [9.17, 15) is 18.0 Å². The number of guanidine groups is 1. The number of carbonyl (C=O) groups is 2. The van der Waals surface area contributed by atoms with Gasteiger partial charge in [-0.15, -0.1) is 0 Å². The fraction of sp³-hybridized carbons (Fsp3) is 0.438. The summed E-state index contributed by atoms with van der Waals surface area (Å²) in [5, 5.41) is 8.00. The molecule has 1 heterocycles. The number of aliphatic carboxylic acids is 1. The van der Waals surface area contributed by atoms with E-state index >= 15 is 0 Å². The van der Waals surface area contributed by atoms with E-state index in [4.69, 9.17) is 43.6 Å². The molecule has 3 N–H and O–H groups in total. The minimum Gasteiger partial charge on any atom is -0.475 e. The highest BCUT2D eigenvalue weighted by molar-refractivity contribution is 6.42. The molecule has 1 aromatic carbocycles. The lowest BCUT2D eigenvalue weighted by Crippen LogP contribution is -2.43. The van der Waals surface area contributed by atoms with Crippen LogP contribution in [-0.2, 0) is 20.9 Å². The first-order valence-electron chi connectivity index (χ1n) is 7.69. The van der Waals surface area contributed by atoms with Crippen molar-refractivity contribution in [3.8, 4) is 0 Å². The number of nitrogens with two attached hydrogens (primary N) is 1. The summed E-state index contributed by atoms with van der Waals surface area (Å²) in [6, 6.07) is 3.42. The van der Waals surface area contributed by atoms with E-state index in [1.165, 1.54) is 0 Å². The number of hydrogen-bond donors (Lipinski definition) is 2. The van der Waals surface area contributed by atoms with Gasteiger partial charge < -0.3 is 20.5 Å². The third-order valence-corrected chi connectivity index (χ3v) is 3.91. The second-order valence-electron chi connectivity index (χ2n) is 6.57. The number of rotatable bonds is 2. The predicted molar refractivity (Wildman–Crippen MR) is 97.7 cm³/mol. The van der Waals surface area contributed by atoms with Crippen LogP contribution in [0, 0.1) is 0 Å². The third kappa shape index (κ3) is 7.08. The molecule has 7 nitrogen and oxygen atoms in total. The Bertz CT molecular complexity index is 793. The topological polar surface area (TPSA) is 105 Å². The number of fused-ring (bicyclic) bond motifs is 1. The normalized spacial score (nSPS) is 13.7. The zero-order chi connectivity index (χ0) is 21.9. The van der Waals surface area contributed by atoms with Gasteiger partial charge in [0.2, 0.25) is 0 Å². The van der Waals surface area contributed by atoms with Crippen LogP contribution in [-0.4, -0.2) is 46.2 Å². The van der Waals surface area contributed by atoms with Gasteiger partial charge in [-0.3, -0.25) is 4.79 Å². The van der Waals surface area contributed by atoms with Gasteiger partial charge in [-0.1, -0.05) is 23.2 Å². The van der Waals surface area contributed by atoms with Crippen LogP contribution in [0.5, 0.6) is 0 Å². The molecule has 0 fully saturated rings. The molecule has 0 amide bonds. The van der Waals surface area contributed by atoms with E-state index in [1.807, 2.05) is 20.8 Å². The van der Waals surface area contributed by atoms with Crippen molar-refractivity contribution in [2.45, 2.75) is 39.1 Å². The quantitative estimate of drug-likeness (QED) is 0.674. The summed E-state index contributed by atoms with van der Waals surface area (Å²) in [4.78, 5) is 26.7. The smallest absolute Gasteiger partial charge is 0.475 e. The average Bonchev–Trinajstić information content (AvgIpc) is 2.50. The molecule has 28 heavy (non-hydrogen) atoms. The number of alkyl halides is 3. The van der Waals surface area contributed by atoms with Crippen LogP contribution in [0.1, 0.15) is 26.3 Å². The zero-order valence-corrected chi connectivity index (χ0v) is 16.6. The minimum absolute atomic E-state index is 0.00882. The Morgan fingerprint density at radius 2 is 1.82 bits per heavy atom. The Morgan fingerprint density at radius 1 is 1.29 bits per heavy atom. The van der Waals surface area contributed by atoms with Crippen molar-refractivity contribution >= 4 is 46.8 Å². The van der Waals surface area contributed by atoms with E-state index < -0.39 is 17.7 Å². The summed E-state index contributed by atoms with van der Waals surface area (Å²) < 4.78 is 37.0. The SMILES string of the molecule is CC(C)(C)OC(=O)CN1Cc2c(ccc(Cl)c2Cl)N=C1N.O=C(O)C(F)(F)F. The summed E-state index contributed by atoms with van der Waals surface area (Å²) in [7, 11) is 0. The number of nitrogens with zero attached hydrogens (tertiary/aromatic N) is 2. The van der Waals surface area contributed by atoms with Crippen molar-refractivity contribution in [1.82, 2.24) is 4.90 Å². The molecule has 0 atom stereocenters. The summed E-state index contributed by atoms with van der Waals surface area (Å²) >= 11 is 12.2. The van der Waals surface area contributed by atoms with E-state index in [-0.39, 0.29) is 18.5 Å². The van der Waals surface area contributed by atoms with Crippen molar-refractivity contribution in [2.24, 2.45) is 10.7 Å². The number of ether oxygens (including phenoxy) is 1. The maximum atomic E-state index is 11.9. The maximum Gasteiger partial charge on any atom is 0.490 e. The first kappa shape index (κ1) is 23.8. The second kappa shape index (κ2) is 8.87. The maximum absolute atomic E-state index is 11.9. The number of benzene rings is 1. The molecular weight excluding hydrogens is 426 g/mol. The molecule has 1 aliphatic rings. The standard InChI is InChI=1S/C14H17Cl2N3O2.C2HF3O2/c1-14(2,3)21-11(20)7-19-6-8-10(18-13(19)17)5-4-9(15)12(8)16;3-2(4,5)1(6)7/h4-5H,6-7H2,1-3H3,(H2,17,18);(H,6,7). The summed E-state index contributed by atoms with van der Waals surface area (Å²) in [5.41, 5.74) is 6.76. The molecule has 0 spiro atoms. The number of carbonyl (C=O) groups excluding carboxylic acids is 1. The van der Waals surface area contributed by atoms with Gasteiger partial charge >= 0.3 is 18.1 Å². The Balaban J connectivity index is 0.000000480. The Labute approximate surface area is 168 Å². The predicted octanol–water partition coefficient (Wildman–Crippen LogP) is 3.73. The zero-order valence-electron chi connectivity index (χ0n) is 15.1. The van der Waals surface area contributed by atoms with Crippen molar-refractivity contribution in [3.63, 3.8) is 0 Å². The van der Waals surface area contributed by atoms with Crippen LogP contribution in [0.15, 0.2) is 17.1 Å². The number of hydrogen-bond acceptors (Lipinski definition) is 6. The number of aliphatic imine (C=N–C) groups is 1. The van der Waals surface area contributed by atoms with Crippen molar-refractivity contribution in [1.29, 1.82) is 0 Å². The average molecular weight is 444 g/mol. The van der Waals surface area contributed by atoms with Crippen LogP contribution in [0.25, 0.3) is 0 Å². The van der Waals surface area contributed by atoms with E-state index in [0.717, 1.165) is 5.56 Å². The molecule has 1 aromatic rings. The van der Waals surface area contributed by atoms with E-state index in [2.05, 4.69) is 4.99 Å². The van der Waals surface area contributed by atoms with Crippen LogP contribution in [0.3, 0.4) is 0 Å². The lowest BCUT2D eigenvalue weighted by atomic mass is 10.1. The lowest BCUT2D eigenvalue weighted by molar-refractivity contribution is -0.192. The molecule has 0 saturated carbocycles. The highest BCUT2D eigenvalue weighted by Crippen LogP contribution is 2.36. The first-order valence-corrected chi connectivity index (χ1v) is 8.45. The Kier molecular flexibility index (Phi) is 7.55. The van der Waals surface area contributed by atoms with Gasteiger partial charge in [0.25, 0.3) is 0 Å². The van der Waals surface area contributed by atoms with Gasteiger partial charge in [-0.25, -0.2) is 9.79 Å². The molecule has 0 bridgehead atoms. The Morgan fingerprint density at radius 3 is 2.29 bits per heavy atom. The van der Waals surface area contributed by atoms with Crippen LogP contribution < -0.4 is 5.73 Å². The highest BCUT2D eigenvalue weighted by Gasteiger charge is 2.38. The van der Waals surface area contributed by atoms with Gasteiger partial charge in [0.15, 0.2) is 5.96 Å². The largest absolute Gasteiger partial charge is 0.490 e. The minimum atomic E-state index is -5.08.